The average molecular weight is 408 g/mol. The van der Waals surface area contributed by atoms with Crippen LogP contribution in [0.4, 0.5) is 10.1 Å². The van der Waals surface area contributed by atoms with Gasteiger partial charge in [0, 0.05) is 18.3 Å². The number of benzene rings is 2. The van der Waals surface area contributed by atoms with Crippen molar-refractivity contribution in [2.45, 2.75) is 23.8 Å². The molecule has 7 nitrogen and oxygen atoms in total. The first kappa shape index (κ1) is 20.2. The number of halogens is 1. The van der Waals surface area contributed by atoms with Gasteiger partial charge in [-0.05, 0) is 55.3 Å². The second kappa shape index (κ2) is 8.68. The number of anilines is 1. The van der Waals surface area contributed by atoms with Crippen LogP contribution in [-0.2, 0) is 14.8 Å². The van der Waals surface area contributed by atoms with Gasteiger partial charge >= 0.3 is 0 Å². The van der Waals surface area contributed by atoms with E-state index in [0.29, 0.717) is 25.3 Å². The van der Waals surface area contributed by atoms with Crippen LogP contribution in [0.2, 0.25) is 0 Å². The predicted molar refractivity (Wildman–Crippen MR) is 102 cm³/mol. The lowest BCUT2D eigenvalue weighted by atomic mass is 10.1. The fourth-order valence-corrected chi connectivity index (χ4v) is 4.17. The van der Waals surface area contributed by atoms with Crippen molar-refractivity contribution in [3.05, 3.63) is 53.8 Å². The molecule has 2 aromatic rings. The van der Waals surface area contributed by atoms with Crippen molar-refractivity contribution in [2.75, 3.05) is 25.6 Å². The van der Waals surface area contributed by atoms with Gasteiger partial charge in [0.25, 0.3) is 5.91 Å². The number of carbonyl (C=O) groups excluding carboxylic acids is 1. The molecular weight excluding hydrogens is 387 g/mol. The van der Waals surface area contributed by atoms with Crippen LogP contribution in [0.1, 0.15) is 23.2 Å². The van der Waals surface area contributed by atoms with E-state index in [1.54, 1.807) is 0 Å². The minimum Gasteiger partial charge on any atom is -0.496 e. The van der Waals surface area contributed by atoms with Crippen LogP contribution in [0.5, 0.6) is 5.75 Å². The number of sulfonamides is 1. The molecule has 3 rings (SSSR count). The molecule has 0 aliphatic carbocycles. The van der Waals surface area contributed by atoms with Crippen molar-refractivity contribution in [2.24, 2.45) is 0 Å². The number of ether oxygens (including phenoxy) is 2. The highest BCUT2D eigenvalue weighted by atomic mass is 32.2. The Morgan fingerprint density at radius 3 is 2.61 bits per heavy atom. The summed E-state index contributed by atoms with van der Waals surface area (Å²) in [6.07, 6.45) is 1.47. The summed E-state index contributed by atoms with van der Waals surface area (Å²) >= 11 is 0. The van der Waals surface area contributed by atoms with Crippen molar-refractivity contribution >= 4 is 21.6 Å². The van der Waals surface area contributed by atoms with Crippen LogP contribution in [-0.4, -0.2) is 40.7 Å². The van der Waals surface area contributed by atoms with Crippen LogP contribution in [0.3, 0.4) is 0 Å². The van der Waals surface area contributed by atoms with Crippen LogP contribution in [0.25, 0.3) is 0 Å². The Morgan fingerprint density at radius 2 is 1.96 bits per heavy atom. The van der Waals surface area contributed by atoms with Gasteiger partial charge in [0.05, 0.1) is 24.2 Å². The summed E-state index contributed by atoms with van der Waals surface area (Å²) in [5, 5.41) is 2.60. The van der Waals surface area contributed by atoms with Crippen LogP contribution in [0.15, 0.2) is 47.4 Å². The van der Waals surface area contributed by atoms with E-state index >= 15 is 0 Å². The number of rotatable bonds is 6. The van der Waals surface area contributed by atoms with Crippen molar-refractivity contribution in [1.82, 2.24) is 4.72 Å². The van der Waals surface area contributed by atoms with Gasteiger partial charge < -0.3 is 14.8 Å². The first-order valence-corrected chi connectivity index (χ1v) is 10.2. The lowest BCUT2D eigenvalue weighted by Crippen LogP contribution is -2.40. The molecule has 2 aromatic carbocycles. The molecule has 1 aliphatic heterocycles. The molecule has 9 heteroatoms. The largest absolute Gasteiger partial charge is 0.496 e. The van der Waals surface area contributed by atoms with Crippen molar-refractivity contribution in [3.63, 3.8) is 0 Å². The fourth-order valence-electron chi connectivity index (χ4n) is 2.88. The van der Waals surface area contributed by atoms with Gasteiger partial charge in [0.1, 0.15) is 11.6 Å². The first-order valence-electron chi connectivity index (χ1n) is 8.74. The number of carbonyl (C=O) groups is 1. The van der Waals surface area contributed by atoms with Crippen molar-refractivity contribution in [3.8, 4) is 5.75 Å². The molecule has 1 atom stereocenters. The molecule has 1 amide bonds. The number of hydrogen-bond donors (Lipinski definition) is 2. The maximum atomic E-state index is 13.0. The molecule has 0 radical (unpaired) electrons. The van der Waals surface area contributed by atoms with E-state index in [4.69, 9.17) is 9.47 Å². The first-order chi connectivity index (χ1) is 13.4. The monoisotopic (exact) mass is 408 g/mol. The quantitative estimate of drug-likeness (QED) is 0.766. The second-order valence-electron chi connectivity index (χ2n) is 6.36. The number of amides is 1. The van der Waals surface area contributed by atoms with E-state index in [-0.39, 0.29) is 22.3 Å². The Kier molecular flexibility index (Phi) is 6.28. The smallest absolute Gasteiger partial charge is 0.259 e. The highest BCUT2D eigenvalue weighted by Crippen LogP contribution is 2.24. The minimum atomic E-state index is -3.83. The summed E-state index contributed by atoms with van der Waals surface area (Å²) in [5.74, 6) is -0.775. The van der Waals surface area contributed by atoms with Gasteiger partial charge in [0.15, 0.2) is 0 Å². The number of hydrogen-bond acceptors (Lipinski definition) is 5. The second-order valence-corrected chi connectivity index (χ2v) is 8.07. The summed E-state index contributed by atoms with van der Waals surface area (Å²) in [4.78, 5) is 12.6. The molecule has 28 heavy (non-hydrogen) atoms. The van der Waals surface area contributed by atoms with Crippen LogP contribution >= 0.6 is 0 Å². The zero-order valence-corrected chi connectivity index (χ0v) is 16.1. The zero-order valence-electron chi connectivity index (χ0n) is 15.3. The molecule has 0 bridgehead atoms. The summed E-state index contributed by atoms with van der Waals surface area (Å²) < 4.78 is 51.5. The van der Waals surface area contributed by atoms with Gasteiger partial charge in [-0.15, -0.1) is 0 Å². The van der Waals surface area contributed by atoms with E-state index in [1.807, 2.05) is 0 Å². The van der Waals surface area contributed by atoms with Gasteiger partial charge in [-0.2, -0.15) is 0 Å². The van der Waals surface area contributed by atoms with E-state index in [2.05, 4.69) is 10.0 Å². The Labute approximate surface area is 162 Å². The Hall–Kier alpha value is -2.49. The maximum absolute atomic E-state index is 13.0. The molecule has 0 spiro atoms. The molecular formula is C19H21FN2O5S. The Balaban J connectivity index is 1.84. The normalized spacial score (nSPS) is 17.1. The van der Waals surface area contributed by atoms with Crippen molar-refractivity contribution < 1.29 is 27.1 Å². The molecule has 1 heterocycles. The zero-order chi connectivity index (χ0) is 20.1. The van der Waals surface area contributed by atoms with Crippen LogP contribution < -0.4 is 14.8 Å². The SMILES string of the molecule is COc1ccc(S(=O)(=O)NC2CCCOC2)cc1C(=O)Nc1ccc(F)cc1. The molecule has 0 aromatic heterocycles. The lowest BCUT2D eigenvalue weighted by Gasteiger charge is -2.23. The third-order valence-corrected chi connectivity index (χ3v) is 5.83. The topological polar surface area (TPSA) is 93.7 Å². The third-order valence-electron chi connectivity index (χ3n) is 4.31. The van der Waals surface area contributed by atoms with Crippen LogP contribution in [0, 0.1) is 5.82 Å². The lowest BCUT2D eigenvalue weighted by molar-refractivity contribution is 0.0774. The molecule has 2 N–H and O–H groups in total. The highest BCUT2D eigenvalue weighted by molar-refractivity contribution is 7.89. The summed E-state index contributed by atoms with van der Waals surface area (Å²) in [5.41, 5.74) is 0.425. The molecule has 1 unspecified atom stereocenters. The summed E-state index contributed by atoms with van der Waals surface area (Å²) in [7, 11) is -2.45. The molecule has 1 aliphatic rings. The van der Waals surface area contributed by atoms with E-state index < -0.39 is 21.7 Å². The maximum Gasteiger partial charge on any atom is 0.259 e. The number of nitrogens with one attached hydrogen (secondary N) is 2. The Morgan fingerprint density at radius 1 is 1.21 bits per heavy atom. The van der Waals surface area contributed by atoms with E-state index in [0.717, 1.165) is 6.42 Å². The minimum absolute atomic E-state index is 0.0506. The highest BCUT2D eigenvalue weighted by Gasteiger charge is 2.24. The Bertz CT molecular complexity index is 941. The molecule has 0 saturated carbocycles. The van der Waals surface area contributed by atoms with E-state index in [1.165, 1.54) is 49.6 Å². The van der Waals surface area contributed by atoms with Gasteiger partial charge in [0.2, 0.25) is 10.0 Å². The summed E-state index contributed by atoms with van der Waals surface area (Å²) in [6.45, 7) is 0.932. The third kappa shape index (κ3) is 4.86. The molecule has 1 saturated heterocycles. The van der Waals surface area contributed by atoms with Gasteiger partial charge in [-0.1, -0.05) is 0 Å². The fraction of sp³-hybridized carbons (Fsp3) is 0.316. The summed E-state index contributed by atoms with van der Waals surface area (Å²) in [6, 6.07) is 8.98. The number of methoxy groups -OCH3 is 1. The van der Waals surface area contributed by atoms with Crippen molar-refractivity contribution in [1.29, 1.82) is 0 Å². The van der Waals surface area contributed by atoms with Gasteiger partial charge in [-0.25, -0.2) is 17.5 Å². The van der Waals surface area contributed by atoms with E-state index in [9.17, 15) is 17.6 Å². The molecule has 150 valence electrons. The average Bonchev–Trinajstić information content (AvgIpc) is 2.69. The standard InChI is InChI=1S/C19H21FN2O5S/c1-26-18-9-8-16(28(24,25)22-15-3-2-10-27-12-15)11-17(18)19(23)21-14-6-4-13(20)5-7-14/h4-9,11,15,22H,2-3,10,12H2,1H3,(H,21,23). The predicted octanol–water partition coefficient (Wildman–Crippen LogP) is 2.54. The molecule has 1 fully saturated rings. The van der Waals surface area contributed by atoms with Gasteiger partial charge in [-0.3, -0.25) is 4.79 Å².